The Morgan fingerprint density at radius 2 is 1.82 bits per heavy atom. The first-order valence-corrected chi connectivity index (χ1v) is 6.96. The summed E-state index contributed by atoms with van der Waals surface area (Å²) in [5.74, 6) is 0.718. The van der Waals surface area contributed by atoms with Gasteiger partial charge < -0.3 is 5.11 Å². The average Bonchev–Trinajstić information content (AvgIpc) is 2.26. The van der Waals surface area contributed by atoms with Crippen LogP contribution >= 0.6 is 11.8 Å². The van der Waals surface area contributed by atoms with Crippen molar-refractivity contribution in [3.63, 3.8) is 0 Å². The van der Waals surface area contributed by atoms with Crippen molar-refractivity contribution in [3.05, 3.63) is 35.4 Å². The van der Waals surface area contributed by atoms with Crippen molar-refractivity contribution in [1.82, 2.24) is 0 Å². The standard InChI is InChI=1S/C14H20O2S/c1-10(2)13-6-4-12(5-7-13)9-17-11(3)8-14(15)16/h4-7,10-11H,8-9H2,1-3H3,(H,15,16). The predicted octanol–water partition coefficient (Wildman–Crippen LogP) is 3.91. The second-order valence-electron chi connectivity index (χ2n) is 4.62. The normalized spacial score (nSPS) is 12.7. The largest absolute Gasteiger partial charge is 0.481 e. The molecule has 0 saturated heterocycles. The molecule has 0 spiro atoms. The van der Waals surface area contributed by atoms with Crippen molar-refractivity contribution in [2.45, 2.75) is 44.1 Å². The van der Waals surface area contributed by atoms with Crippen molar-refractivity contribution < 1.29 is 9.90 Å². The van der Waals surface area contributed by atoms with Gasteiger partial charge in [0.25, 0.3) is 0 Å². The summed E-state index contributed by atoms with van der Waals surface area (Å²) >= 11 is 1.69. The molecule has 0 aliphatic carbocycles. The number of thioether (sulfide) groups is 1. The third-order valence-electron chi connectivity index (χ3n) is 2.64. The van der Waals surface area contributed by atoms with Gasteiger partial charge >= 0.3 is 5.97 Å². The Balaban J connectivity index is 2.44. The Morgan fingerprint density at radius 1 is 1.24 bits per heavy atom. The molecule has 0 fully saturated rings. The van der Waals surface area contributed by atoms with E-state index in [0.29, 0.717) is 5.92 Å². The van der Waals surface area contributed by atoms with Crippen molar-refractivity contribution >= 4 is 17.7 Å². The summed E-state index contributed by atoms with van der Waals surface area (Å²) in [6, 6.07) is 8.58. The van der Waals surface area contributed by atoms with E-state index in [1.54, 1.807) is 11.8 Å². The van der Waals surface area contributed by atoms with Gasteiger partial charge in [0.1, 0.15) is 0 Å². The molecule has 1 atom stereocenters. The molecule has 0 aliphatic rings. The lowest BCUT2D eigenvalue weighted by atomic mass is 10.0. The minimum atomic E-state index is -0.722. The maximum atomic E-state index is 10.5. The summed E-state index contributed by atoms with van der Waals surface area (Å²) in [5, 5.41) is 8.83. The van der Waals surface area contributed by atoms with Crippen LogP contribution in [0.1, 0.15) is 44.2 Å². The number of hydrogen-bond donors (Lipinski definition) is 1. The molecule has 0 aromatic heterocycles. The molecular weight excluding hydrogens is 232 g/mol. The molecule has 0 amide bonds. The first-order valence-electron chi connectivity index (χ1n) is 5.91. The Morgan fingerprint density at radius 3 is 2.29 bits per heavy atom. The predicted molar refractivity (Wildman–Crippen MR) is 73.5 cm³/mol. The van der Waals surface area contributed by atoms with E-state index in [2.05, 4.69) is 38.1 Å². The molecular formula is C14H20O2S. The van der Waals surface area contributed by atoms with E-state index in [1.807, 2.05) is 6.92 Å². The van der Waals surface area contributed by atoms with Crippen molar-refractivity contribution in [1.29, 1.82) is 0 Å². The third-order valence-corrected chi connectivity index (χ3v) is 3.88. The van der Waals surface area contributed by atoms with Gasteiger partial charge in [0, 0.05) is 11.0 Å². The maximum absolute atomic E-state index is 10.5. The van der Waals surface area contributed by atoms with Crippen LogP contribution in [0.2, 0.25) is 0 Å². The fourth-order valence-corrected chi connectivity index (χ4v) is 2.47. The smallest absolute Gasteiger partial charge is 0.304 e. The van der Waals surface area contributed by atoms with Crippen LogP contribution in [0, 0.1) is 0 Å². The minimum absolute atomic E-state index is 0.164. The quantitative estimate of drug-likeness (QED) is 0.834. The van der Waals surface area contributed by atoms with Crippen LogP contribution in [0.15, 0.2) is 24.3 Å². The average molecular weight is 252 g/mol. The van der Waals surface area contributed by atoms with Crippen LogP contribution in [0.3, 0.4) is 0 Å². The van der Waals surface area contributed by atoms with Gasteiger partial charge in [-0.2, -0.15) is 11.8 Å². The van der Waals surface area contributed by atoms with Gasteiger partial charge in [-0.25, -0.2) is 0 Å². The highest BCUT2D eigenvalue weighted by Crippen LogP contribution is 2.21. The Kier molecular flexibility index (Phi) is 5.56. The topological polar surface area (TPSA) is 37.3 Å². The van der Waals surface area contributed by atoms with E-state index < -0.39 is 5.97 Å². The number of hydrogen-bond acceptors (Lipinski definition) is 2. The summed E-state index contributed by atoms with van der Waals surface area (Å²) in [7, 11) is 0. The highest BCUT2D eigenvalue weighted by molar-refractivity contribution is 7.99. The third kappa shape index (κ3) is 5.26. The monoisotopic (exact) mass is 252 g/mol. The summed E-state index contributed by atoms with van der Waals surface area (Å²) in [4.78, 5) is 10.5. The van der Waals surface area contributed by atoms with E-state index in [0.717, 1.165) is 5.75 Å². The van der Waals surface area contributed by atoms with Crippen LogP contribution in [0.25, 0.3) is 0 Å². The zero-order valence-corrected chi connectivity index (χ0v) is 11.5. The molecule has 94 valence electrons. The molecule has 1 rings (SSSR count). The number of rotatable bonds is 6. The van der Waals surface area contributed by atoms with Crippen LogP contribution < -0.4 is 0 Å². The summed E-state index contributed by atoms with van der Waals surface area (Å²) in [6.45, 7) is 6.32. The first-order chi connectivity index (χ1) is 7.99. The van der Waals surface area contributed by atoms with E-state index in [9.17, 15) is 4.79 Å². The summed E-state index contributed by atoms with van der Waals surface area (Å²) in [5.41, 5.74) is 2.61. The molecule has 17 heavy (non-hydrogen) atoms. The molecule has 0 saturated carbocycles. The van der Waals surface area contributed by atoms with Crippen LogP contribution in [0.5, 0.6) is 0 Å². The summed E-state index contributed by atoms with van der Waals surface area (Å²) in [6.07, 6.45) is 0.231. The zero-order valence-electron chi connectivity index (χ0n) is 10.6. The number of carbonyl (C=O) groups is 1. The molecule has 1 aromatic carbocycles. The molecule has 3 heteroatoms. The van der Waals surface area contributed by atoms with Gasteiger partial charge in [-0.05, 0) is 17.0 Å². The van der Waals surface area contributed by atoms with Crippen molar-refractivity contribution in [2.24, 2.45) is 0 Å². The molecule has 0 heterocycles. The SMILES string of the molecule is CC(CC(=O)O)SCc1ccc(C(C)C)cc1. The molecule has 1 aromatic rings. The number of carboxylic acid groups (broad SMARTS) is 1. The molecule has 0 radical (unpaired) electrons. The number of benzene rings is 1. The lowest BCUT2D eigenvalue weighted by Crippen LogP contribution is -2.05. The summed E-state index contributed by atoms with van der Waals surface area (Å²) < 4.78 is 0. The molecule has 0 aliphatic heterocycles. The number of carboxylic acids is 1. The first kappa shape index (κ1) is 14.1. The van der Waals surface area contributed by atoms with Gasteiger partial charge in [0.05, 0.1) is 6.42 Å². The van der Waals surface area contributed by atoms with Gasteiger partial charge in [-0.1, -0.05) is 45.0 Å². The van der Waals surface area contributed by atoms with Crippen LogP contribution in [0.4, 0.5) is 0 Å². The molecule has 0 bridgehead atoms. The van der Waals surface area contributed by atoms with E-state index in [-0.39, 0.29) is 11.7 Å². The Hall–Kier alpha value is -0.960. The van der Waals surface area contributed by atoms with Gasteiger partial charge in [0.2, 0.25) is 0 Å². The lowest BCUT2D eigenvalue weighted by molar-refractivity contribution is -0.136. The molecule has 1 N–H and O–H groups in total. The van der Waals surface area contributed by atoms with Crippen LogP contribution in [-0.4, -0.2) is 16.3 Å². The van der Waals surface area contributed by atoms with Gasteiger partial charge in [-0.15, -0.1) is 0 Å². The van der Waals surface area contributed by atoms with E-state index in [4.69, 9.17) is 5.11 Å². The second-order valence-corrected chi connectivity index (χ2v) is 6.04. The van der Waals surface area contributed by atoms with Crippen molar-refractivity contribution in [2.75, 3.05) is 0 Å². The lowest BCUT2D eigenvalue weighted by Gasteiger charge is -2.10. The molecule has 1 unspecified atom stereocenters. The second kappa shape index (κ2) is 6.70. The van der Waals surface area contributed by atoms with Crippen LogP contribution in [-0.2, 0) is 10.5 Å². The van der Waals surface area contributed by atoms with Gasteiger partial charge in [-0.3, -0.25) is 4.79 Å². The fraction of sp³-hybridized carbons (Fsp3) is 0.500. The fourth-order valence-electron chi connectivity index (χ4n) is 1.54. The van der Waals surface area contributed by atoms with E-state index >= 15 is 0 Å². The van der Waals surface area contributed by atoms with E-state index in [1.165, 1.54) is 11.1 Å². The highest BCUT2D eigenvalue weighted by atomic mass is 32.2. The van der Waals surface area contributed by atoms with Crippen molar-refractivity contribution in [3.8, 4) is 0 Å². The minimum Gasteiger partial charge on any atom is -0.481 e. The van der Waals surface area contributed by atoms with Gasteiger partial charge in [0.15, 0.2) is 0 Å². The Labute approximate surface area is 107 Å². The Bertz CT molecular complexity index is 357. The highest BCUT2D eigenvalue weighted by Gasteiger charge is 2.08. The number of aliphatic carboxylic acids is 1. The maximum Gasteiger partial charge on any atom is 0.304 e. The zero-order chi connectivity index (χ0) is 12.8. The molecule has 2 nitrogen and oxygen atoms in total.